The largest absolute Gasteiger partial charge is 0.339 e. The maximum absolute atomic E-state index is 4.62. The summed E-state index contributed by atoms with van der Waals surface area (Å²) in [6, 6.07) is 8.06. The van der Waals surface area contributed by atoms with Gasteiger partial charge in [0.25, 0.3) is 0 Å². The van der Waals surface area contributed by atoms with E-state index in [9.17, 15) is 0 Å². The van der Waals surface area contributed by atoms with E-state index >= 15 is 0 Å². The molecule has 0 amide bonds. The van der Waals surface area contributed by atoms with Crippen LogP contribution < -0.4 is 10.6 Å². The molecule has 0 saturated carbocycles. The van der Waals surface area contributed by atoms with Crippen LogP contribution in [0, 0.1) is 0 Å². The standard InChI is InChI=1S/C14H15BrN4S/c1-20-14-18-11-6-7-16-8-9(11)13(19-14)17-12-5-3-2-4-10(12)15/h2-5,16H,6-8H2,1H3,(H,17,18,19). The molecule has 0 radical (unpaired) electrons. The highest BCUT2D eigenvalue weighted by Crippen LogP contribution is 2.29. The molecule has 0 aliphatic carbocycles. The molecule has 1 aromatic carbocycles. The Kier molecular flexibility index (Phi) is 4.24. The predicted octanol–water partition coefficient (Wildman–Crippen LogP) is 3.35. The second kappa shape index (κ2) is 6.11. The van der Waals surface area contributed by atoms with Crippen LogP contribution in [-0.2, 0) is 13.0 Å². The van der Waals surface area contributed by atoms with Gasteiger partial charge in [-0.3, -0.25) is 0 Å². The molecule has 2 N–H and O–H groups in total. The third-order valence-electron chi connectivity index (χ3n) is 3.22. The summed E-state index contributed by atoms with van der Waals surface area (Å²) in [5.74, 6) is 0.901. The molecule has 6 heteroatoms. The molecule has 3 rings (SSSR count). The van der Waals surface area contributed by atoms with E-state index in [0.29, 0.717) is 0 Å². The number of thioether (sulfide) groups is 1. The Labute approximate surface area is 130 Å². The summed E-state index contributed by atoms with van der Waals surface area (Å²) in [4.78, 5) is 9.24. The van der Waals surface area contributed by atoms with Crippen LogP contribution in [0.3, 0.4) is 0 Å². The number of anilines is 2. The number of nitrogens with zero attached hydrogens (tertiary/aromatic N) is 2. The number of hydrogen-bond donors (Lipinski definition) is 2. The highest BCUT2D eigenvalue weighted by molar-refractivity contribution is 9.10. The lowest BCUT2D eigenvalue weighted by Crippen LogP contribution is -2.26. The summed E-state index contributed by atoms with van der Waals surface area (Å²) < 4.78 is 1.03. The van der Waals surface area contributed by atoms with Crippen LogP contribution >= 0.6 is 27.7 Å². The Morgan fingerprint density at radius 1 is 1.30 bits per heavy atom. The van der Waals surface area contributed by atoms with Crippen molar-refractivity contribution in [3.05, 3.63) is 40.0 Å². The Morgan fingerprint density at radius 3 is 2.95 bits per heavy atom. The van der Waals surface area contributed by atoms with Gasteiger partial charge in [-0.05, 0) is 34.3 Å². The first-order valence-corrected chi connectivity index (χ1v) is 8.46. The monoisotopic (exact) mass is 350 g/mol. The van der Waals surface area contributed by atoms with Crippen molar-refractivity contribution in [3.63, 3.8) is 0 Å². The minimum absolute atomic E-state index is 0.816. The Hall–Kier alpha value is -1.11. The highest BCUT2D eigenvalue weighted by Gasteiger charge is 2.17. The third kappa shape index (κ3) is 2.82. The fraction of sp³-hybridized carbons (Fsp3) is 0.286. The molecule has 2 heterocycles. The Balaban J connectivity index is 2.02. The number of aromatic nitrogens is 2. The Bertz CT molecular complexity index is 633. The number of halogens is 1. The second-order valence-corrected chi connectivity index (χ2v) is 6.14. The molecule has 1 aliphatic rings. The van der Waals surface area contributed by atoms with E-state index < -0.39 is 0 Å². The van der Waals surface area contributed by atoms with E-state index in [1.807, 2.05) is 30.5 Å². The first-order valence-electron chi connectivity index (χ1n) is 6.44. The zero-order valence-electron chi connectivity index (χ0n) is 11.1. The summed E-state index contributed by atoms with van der Waals surface area (Å²) >= 11 is 5.13. The van der Waals surface area contributed by atoms with Crippen molar-refractivity contribution in [1.29, 1.82) is 0 Å². The van der Waals surface area contributed by atoms with Crippen molar-refractivity contribution in [2.45, 2.75) is 18.1 Å². The van der Waals surface area contributed by atoms with Gasteiger partial charge in [0, 0.05) is 29.5 Å². The van der Waals surface area contributed by atoms with Crippen molar-refractivity contribution < 1.29 is 0 Å². The summed E-state index contributed by atoms with van der Waals surface area (Å²) in [6.07, 6.45) is 2.96. The Morgan fingerprint density at radius 2 is 2.15 bits per heavy atom. The maximum Gasteiger partial charge on any atom is 0.189 e. The van der Waals surface area contributed by atoms with E-state index in [-0.39, 0.29) is 0 Å². The van der Waals surface area contributed by atoms with Crippen LogP contribution in [0.15, 0.2) is 33.9 Å². The SMILES string of the molecule is CSc1nc2c(c(Nc3ccccc3Br)n1)CNCC2. The summed E-state index contributed by atoms with van der Waals surface area (Å²) in [5.41, 5.74) is 3.34. The third-order valence-corrected chi connectivity index (χ3v) is 4.46. The van der Waals surface area contributed by atoms with Crippen LogP contribution in [0.1, 0.15) is 11.3 Å². The molecule has 0 spiro atoms. The van der Waals surface area contributed by atoms with Gasteiger partial charge in [-0.2, -0.15) is 0 Å². The van der Waals surface area contributed by atoms with Gasteiger partial charge in [-0.25, -0.2) is 9.97 Å². The van der Waals surface area contributed by atoms with Crippen LogP contribution in [0.4, 0.5) is 11.5 Å². The highest BCUT2D eigenvalue weighted by atomic mass is 79.9. The van der Waals surface area contributed by atoms with E-state index in [0.717, 1.165) is 46.3 Å². The molecule has 0 unspecified atom stereocenters. The average Bonchev–Trinajstić information content (AvgIpc) is 2.49. The lowest BCUT2D eigenvalue weighted by molar-refractivity contribution is 0.619. The molecule has 4 nitrogen and oxygen atoms in total. The molecular formula is C14H15BrN4S. The van der Waals surface area contributed by atoms with Gasteiger partial charge in [-0.1, -0.05) is 23.9 Å². The smallest absolute Gasteiger partial charge is 0.189 e. The van der Waals surface area contributed by atoms with Gasteiger partial charge in [-0.15, -0.1) is 0 Å². The minimum atomic E-state index is 0.816. The normalized spacial score (nSPS) is 13.9. The molecule has 0 fully saturated rings. The van der Waals surface area contributed by atoms with Crippen molar-refractivity contribution in [3.8, 4) is 0 Å². The predicted molar refractivity (Wildman–Crippen MR) is 86.6 cm³/mol. The maximum atomic E-state index is 4.62. The molecule has 104 valence electrons. The minimum Gasteiger partial charge on any atom is -0.339 e. The van der Waals surface area contributed by atoms with Gasteiger partial charge in [0.1, 0.15) is 5.82 Å². The molecule has 0 saturated heterocycles. The molecule has 0 bridgehead atoms. The van der Waals surface area contributed by atoms with E-state index in [4.69, 9.17) is 0 Å². The lowest BCUT2D eigenvalue weighted by atomic mass is 10.1. The number of para-hydroxylation sites is 1. The van der Waals surface area contributed by atoms with E-state index in [1.165, 1.54) is 5.56 Å². The number of hydrogen-bond acceptors (Lipinski definition) is 5. The fourth-order valence-electron chi connectivity index (χ4n) is 2.21. The van der Waals surface area contributed by atoms with E-state index in [2.05, 4.69) is 36.5 Å². The van der Waals surface area contributed by atoms with Crippen molar-refractivity contribution in [2.24, 2.45) is 0 Å². The van der Waals surface area contributed by atoms with Gasteiger partial charge in [0.15, 0.2) is 5.16 Å². The lowest BCUT2D eigenvalue weighted by Gasteiger charge is -2.20. The van der Waals surface area contributed by atoms with Crippen molar-refractivity contribution in [1.82, 2.24) is 15.3 Å². The zero-order chi connectivity index (χ0) is 13.9. The van der Waals surface area contributed by atoms with Gasteiger partial charge in [0.2, 0.25) is 0 Å². The van der Waals surface area contributed by atoms with Crippen LogP contribution in [0.5, 0.6) is 0 Å². The summed E-state index contributed by atoms with van der Waals surface area (Å²) in [5, 5.41) is 7.62. The summed E-state index contributed by atoms with van der Waals surface area (Å²) in [6.45, 7) is 1.79. The van der Waals surface area contributed by atoms with Gasteiger partial charge >= 0.3 is 0 Å². The molecule has 1 aromatic heterocycles. The average molecular weight is 351 g/mol. The number of fused-ring (bicyclic) bond motifs is 1. The number of benzene rings is 1. The molecule has 20 heavy (non-hydrogen) atoms. The van der Waals surface area contributed by atoms with Gasteiger partial charge < -0.3 is 10.6 Å². The van der Waals surface area contributed by atoms with Crippen LogP contribution in [-0.4, -0.2) is 22.8 Å². The number of nitrogens with one attached hydrogen (secondary N) is 2. The molecule has 1 aliphatic heterocycles. The van der Waals surface area contributed by atoms with Crippen molar-refractivity contribution >= 4 is 39.2 Å². The fourth-order valence-corrected chi connectivity index (χ4v) is 2.97. The molecule has 2 aromatic rings. The van der Waals surface area contributed by atoms with Gasteiger partial charge in [0.05, 0.1) is 11.4 Å². The number of rotatable bonds is 3. The summed E-state index contributed by atoms with van der Waals surface area (Å²) in [7, 11) is 0. The van der Waals surface area contributed by atoms with E-state index in [1.54, 1.807) is 11.8 Å². The first-order chi connectivity index (χ1) is 9.78. The quantitative estimate of drug-likeness (QED) is 0.656. The van der Waals surface area contributed by atoms with Crippen molar-refractivity contribution in [2.75, 3.05) is 18.1 Å². The first kappa shape index (κ1) is 13.9. The van der Waals surface area contributed by atoms with Crippen LogP contribution in [0.25, 0.3) is 0 Å². The molecule has 0 atom stereocenters. The molecular weight excluding hydrogens is 336 g/mol. The zero-order valence-corrected chi connectivity index (χ0v) is 13.5. The van der Waals surface area contributed by atoms with Crippen LogP contribution in [0.2, 0.25) is 0 Å². The topological polar surface area (TPSA) is 49.8 Å². The second-order valence-electron chi connectivity index (χ2n) is 4.52.